The lowest BCUT2D eigenvalue weighted by molar-refractivity contribution is 0.122. The molecule has 0 aliphatic carbocycles. The van der Waals surface area contributed by atoms with E-state index in [4.69, 9.17) is 10.5 Å². The van der Waals surface area contributed by atoms with E-state index >= 15 is 0 Å². The summed E-state index contributed by atoms with van der Waals surface area (Å²) in [5.74, 6) is 0.580. The van der Waals surface area contributed by atoms with E-state index in [2.05, 4.69) is 37.0 Å². The maximum atomic E-state index is 11.8. The van der Waals surface area contributed by atoms with E-state index in [1.54, 1.807) is 24.3 Å². The summed E-state index contributed by atoms with van der Waals surface area (Å²) >= 11 is 0. The molecule has 34 heavy (non-hydrogen) atoms. The maximum absolute atomic E-state index is 11.8. The standard InChI is InChI=1S/C23H25N7O3S/c1-34(31,32)28-19-5-3-2-4-18(19)25-22-21-20(26-23(24)27-22)10-11-30(21)17-8-6-16(7-9-17)29-12-14-33-15-13-29/h2-11,28H,12-15H2,1H3,(H3,24,25,26,27). The van der Waals surface area contributed by atoms with Gasteiger partial charge < -0.3 is 25.3 Å². The van der Waals surface area contributed by atoms with Crippen molar-refractivity contribution in [1.29, 1.82) is 0 Å². The number of fused-ring (bicyclic) bond motifs is 1. The second kappa shape index (κ2) is 8.84. The lowest BCUT2D eigenvalue weighted by Gasteiger charge is -2.29. The van der Waals surface area contributed by atoms with Gasteiger partial charge >= 0.3 is 0 Å². The zero-order valence-corrected chi connectivity index (χ0v) is 19.4. The highest BCUT2D eigenvalue weighted by Crippen LogP contribution is 2.32. The third-order valence-corrected chi connectivity index (χ3v) is 6.12. The van der Waals surface area contributed by atoms with Gasteiger partial charge in [-0.1, -0.05) is 12.1 Å². The predicted octanol–water partition coefficient (Wildman–Crippen LogP) is 2.95. The third kappa shape index (κ3) is 4.61. The lowest BCUT2D eigenvalue weighted by Crippen LogP contribution is -2.36. The molecule has 5 rings (SSSR count). The quantitative estimate of drug-likeness (QED) is 0.385. The van der Waals surface area contributed by atoms with E-state index in [1.165, 1.54) is 0 Å². The van der Waals surface area contributed by atoms with E-state index in [0.29, 0.717) is 22.7 Å². The highest BCUT2D eigenvalue weighted by atomic mass is 32.2. The minimum absolute atomic E-state index is 0.115. The molecule has 10 nitrogen and oxygen atoms in total. The number of hydrogen-bond acceptors (Lipinski definition) is 8. The summed E-state index contributed by atoms with van der Waals surface area (Å²) in [6, 6.07) is 17.1. The molecule has 0 bridgehead atoms. The van der Waals surface area contributed by atoms with E-state index in [1.807, 2.05) is 29.0 Å². The topological polar surface area (TPSA) is 127 Å². The summed E-state index contributed by atoms with van der Waals surface area (Å²) in [5.41, 5.74) is 10.4. The fourth-order valence-corrected chi connectivity index (χ4v) is 4.60. The molecule has 1 saturated heterocycles. The molecule has 0 amide bonds. The minimum atomic E-state index is -3.46. The van der Waals surface area contributed by atoms with Gasteiger partial charge in [0.25, 0.3) is 0 Å². The fraction of sp³-hybridized carbons (Fsp3) is 0.217. The van der Waals surface area contributed by atoms with E-state index in [-0.39, 0.29) is 5.95 Å². The van der Waals surface area contributed by atoms with Crippen LogP contribution in [0.1, 0.15) is 0 Å². The summed E-state index contributed by atoms with van der Waals surface area (Å²) in [6.45, 7) is 3.20. The predicted molar refractivity (Wildman–Crippen MR) is 135 cm³/mol. The van der Waals surface area contributed by atoms with E-state index < -0.39 is 10.0 Å². The average Bonchev–Trinajstić information content (AvgIpc) is 3.24. The highest BCUT2D eigenvalue weighted by Gasteiger charge is 2.16. The first-order valence-corrected chi connectivity index (χ1v) is 12.7. The average molecular weight is 480 g/mol. The Balaban J connectivity index is 1.53. The monoisotopic (exact) mass is 479 g/mol. The second-order valence-corrected chi connectivity index (χ2v) is 9.76. The molecule has 3 heterocycles. The second-order valence-electron chi connectivity index (χ2n) is 8.01. The summed E-state index contributed by atoms with van der Waals surface area (Å²) in [4.78, 5) is 11.1. The Kier molecular flexibility index (Phi) is 5.72. The molecule has 0 spiro atoms. The number of benzene rings is 2. The number of ether oxygens (including phenoxy) is 1. The number of nitrogens with one attached hydrogen (secondary N) is 2. The van der Waals surface area contributed by atoms with Crippen LogP contribution in [0.25, 0.3) is 16.7 Å². The van der Waals surface area contributed by atoms with Crippen molar-refractivity contribution in [2.75, 3.05) is 53.2 Å². The number of hydrogen-bond donors (Lipinski definition) is 3. The highest BCUT2D eigenvalue weighted by molar-refractivity contribution is 7.92. The Bertz CT molecular complexity index is 1430. The molecule has 1 aliphatic rings. The summed E-state index contributed by atoms with van der Waals surface area (Å²) < 4.78 is 33.6. The van der Waals surface area contributed by atoms with Gasteiger partial charge in [0.05, 0.1) is 36.4 Å². The van der Waals surface area contributed by atoms with Gasteiger partial charge in [-0.05, 0) is 42.5 Å². The van der Waals surface area contributed by atoms with Crippen LogP contribution in [-0.2, 0) is 14.8 Å². The summed E-state index contributed by atoms with van der Waals surface area (Å²) in [6.07, 6.45) is 3.02. The Labute approximate surface area is 197 Å². The molecule has 2 aromatic carbocycles. The van der Waals surface area contributed by atoms with Gasteiger partial charge in [0, 0.05) is 30.7 Å². The zero-order valence-electron chi connectivity index (χ0n) is 18.6. The van der Waals surface area contributed by atoms with Crippen LogP contribution < -0.4 is 20.7 Å². The Morgan fingerprint density at radius 3 is 2.32 bits per heavy atom. The molecule has 0 saturated carbocycles. The van der Waals surface area contributed by atoms with Crippen LogP contribution in [0.4, 0.5) is 28.8 Å². The maximum Gasteiger partial charge on any atom is 0.229 e. The van der Waals surface area contributed by atoms with Gasteiger partial charge in [-0.25, -0.2) is 13.4 Å². The number of nitrogens with zero attached hydrogens (tertiary/aromatic N) is 4. The molecule has 4 aromatic rings. The van der Waals surface area contributed by atoms with Gasteiger partial charge in [-0.2, -0.15) is 4.98 Å². The van der Waals surface area contributed by atoms with Crippen LogP contribution in [0.15, 0.2) is 60.8 Å². The van der Waals surface area contributed by atoms with Gasteiger partial charge in [0.1, 0.15) is 5.52 Å². The van der Waals surface area contributed by atoms with Crippen LogP contribution in [0.5, 0.6) is 0 Å². The first kappa shape index (κ1) is 22.0. The van der Waals surface area contributed by atoms with Crippen molar-refractivity contribution >= 4 is 49.9 Å². The summed E-state index contributed by atoms with van der Waals surface area (Å²) in [5, 5.41) is 3.24. The van der Waals surface area contributed by atoms with Crippen LogP contribution in [-0.4, -0.2) is 55.5 Å². The molecule has 2 aromatic heterocycles. The number of aromatic nitrogens is 3. The van der Waals surface area contributed by atoms with Crippen LogP contribution >= 0.6 is 0 Å². The Hall–Kier alpha value is -3.83. The van der Waals surface area contributed by atoms with Crippen molar-refractivity contribution < 1.29 is 13.2 Å². The van der Waals surface area contributed by atoms with Crippen molar-refractivity contribution in [3.63, 3.8) is 0 Å². The number of morpholine rings is 1. The molecule has 1 aliphatic heterocycles. The third-order valence-electron chi connectivity index (χ3n) is 5.53. The molecule has 11 heteroatoms. The van der Waals surface area contributed by atoms with Crippen molar-refractivity contribution in [2.45, 2.75) is 0 Å². The molecule has 1 fully saturated rings. The minimum Gasteiger partial charge on any atom is -0.378 e. The van der Waals surface area contributed by atoms with Gasteiger partial charge in [0.15, 0.2) is 5.82 Å². The Morgan fingerprint density at radius 2 is 1.62 bits per heavy atom. The number of sulfonamides is 1. The summed E-state index contributed by atoms with van der Waals surface area (Å²) in [7, 11) is -3.46. The molecular weight excluding hydrogens is 454 g/mol. The van der Waals surface area contributed by atoms with Gasteiger partial charge in [0.2, 0.25) is 16.0 Å². The van der Waals surface area contributed by atoms with Crippen molar-refractivity contribution in [1.82, 2.24) is 14.5 Å². The van der Waals surface area contributed by atoms with Crippen LogP contribution in [0.2, 0.25) is 0 Å². The first-order chi connectivity index (χ1) is 16.4. The lowest BCUT2D eigenvalue weighted by atomic mass is 10.2. The fourth-order valence-electron chi connectivity index (χ4n) is 4.02. The molecule has 0 atom stereocenters. The Morgan fingerprint density at radius 1 is 0.941 bits per heavy atom. The van der Waals surface area contributed by atoms with Crippen LogP contribution in [0.3, 0.4) is 0 Å². The number of nitrogens with two attached hydrogens (primary N) is 1. The number of anilines is 5. The molecule has 176 valence electrons. The molecule has 4 N–H and O–H groups in total. The normalized spacial score (nSPS) is 14.3. The largest absolute Gasteiger partial charge is 0.378 e. The number of nitrogen functional groups attached to an aromatic ring is 1. The van der Waals surface area contributed by atoms with E-state index in [9.17, 15) is 8.42 Å². The molecule has 0 radical (unpaired) electrons. The number of para-hydroxylation sites is 2. The van der Waals surface area contributed by atoms with E-state index in [0.717, 1.165) is 49.5 Å². The SMILES string of the molecule is CS(=O)(=O)Nc1ccccc1Nc1nc(N)nc2ccn(-c3ccc(N4CCOCC4)cc3)c12. The van der Waals surface area contributed by atoms with Gasteiger partial charge in [-0.15, -0.1) is 0 Å². The molecular formula is C23H25N7O3S. The first-order valence-electron chi connectivity index (χ1n) is 10.8. The zero-order chi connectivity index (χ0) is 23.7. The van der Waals surface area contributed by atoms with Crippen LogP contribution in [0, 0.1) is 0 Å². The number of rotatable bonds is 6. The van der Waals surface area contributed by atoms with Gasteiger partial charge in [-0.3, -0.25) is 4.72 Å². The van der Waals surface area contributed by atoms with Crippen molar-refractivity contribution in [2.24, 2.45) is 0 Å². The molecule has 0 unspecified atom stereocenters. The van der Waals surface area contributed by atoms with Crippen molar-refractivity contribution in [3.05, 3.63) is 60.8 Å². The van der Waals surface area contributed by atoms with Crippen molar-refractivity contribution in [3.8, 4) is 5.69 Å². The smallest absolute Gasteiger partial charge is 0.229 e.